The van der Waals surface area contributed by atoms with Crippen LogP contribution in [-0.4, -0.2) is 23.8 Å². The van der Waals surface area contributed by atoms with Crippen LogP contribution in [0.15, 0.2) is 0 Å². The predicted molar refractivity (Wildman–Crippen MR) is 64.2 cm³/mol. The van der Waals surface area contributed by atoms with E-state index in [9.17, 15) is 9.59 Å². The van der Waals surface area contributed by atoms with Crippen LogP contribution in [0.5, 0.6) is 0 Å². The van der Waals surface area contributed by atoms with Crippen molar-refractivity contribution >= 4 is 23.0 Å². The maximum absolute atomic E-state index is 11.6. The second-order valence-corrected chi connectivity index (χ2v) is 5.58. The summed E-state index contributed by atoms with van der Waals surface area (Å²) < 4.78 is 10.2. The van der Waals surface area contributed by atoms with Crippen LogP contribution in [0.25, 0.3) is 0 Å². The molecule has 0 bridgehead atoms. The molecule has 16 heavy (non-hydrogen) atoms. The largest absolute Gasteiger partial charge is 0.424 e. The molecular weight excluding hydrogens is 228 g/mol. The number of hydrogen-bond donors (Lipinski definition) is 0. The summed E-state index contributed by atoms with van der Waals surface area (Å²) in [6.45, 7) is 8.91. The Morgan fingerprint density at radius 3 is 1.94 bits per heavy atom. The third kappa shape index (κ3) is 5.39. The van der Waals surface area contributed by atoms with E-state index in [0.717, 1.165) is 11.8 Å². The first-order valence-corrected chi connectivity index (χ1v) is 6.36. The topological polar surface area (TPSA) is 52.6 Å². The van der Waals surface area contributed by atoms with Crippen molar-refractivity contribution in [3.05, 3.63) is 0 Å². The Morgan fingerprint density at radius 1 is 1.12 bits per heavy atom. The van der Waals surface area contributed by atoms with Crippen LogP contribution in [0.4, 0.5) is 4.79 Å². The maximum atomic E-state index is 11.6. The third-order valence-electron chi connectivity index (χ3n) is 1.76. The number of hydrogen-bond acceptors (Lipinski definition) is 5. The van der Waals surface area contributed by atoms with Gasteiger partial charge < -0.3 is 9.47 Å². The van der Waals surface area contributed by atoms with Crippen molar-refractivity contribution in [2.24, 2.45) is 11.3 Å². The number of carbonyl (C=O) groups is 2. The van der Waals surface area contributed by atoms with Crippen molar-refractivity contribution < 1.29 is 19.1 Å². The van der Waals surface area contributed by atoms with Crippen LogP contribution in [0, 0.1) is 11.3 Å². The molecule has 0 aromatic heterocycles. The Labute approximate surface area is 101 Å². The van der Waals surface area contributed by atoms with E-state index < -0.39 is 17.0 Å². The molecule has 0 heterocycles. The standard InChI is InChI=1S/C11H20O4S/c1-7(2)8(15-10(13)16-6)14-9(12)11(3,4)5/h7-8H,1-6H3. The molecule has 0 aromatic rings. The zero-order valence-electron chi connectivity index (χ0n) is 10.7. The lowest BCUT2D eigenvalue weighted by Gasteiger charge is -2.25. The molecule has 0 N–H and O–H groups in total. The Bertz CT molecular complexity index is 255. The predicted octanol–water partition coefficient (Wildman–Crippen LogP) is 3.06. The Morgan fingerprint density at radius 2 is 1.62 bits per heavy atom. The number of ether oxygens (including phenoxy) is 2. The van der Waals surface area contributed by atoms with E-state index in [1.165, 1.54) is 0 Å². The molecule has 0 aliphatic rings. The summed E-state index contributed by atoms with van der Waals surface area (Å²) in [5.74, 6) is -0.442. The lowest BCUT2D eigenvalue weighted by atomic mass is 9.97. The van der Waals surface area contributed by atoms with Crippen LogP contribution >= 0.6 is 11.8 Å². The fourth-order valence-electron chi connectivity index (χ4n) is 0.721. The lowest BCUT2D eigenvalue weighted by Crippen LogP contribution is -2.33. The van der Waals surface area contributed by atoms with Crippen LogP contribution < -0.4 is 0 Å². The van der Waals surface area contributed by atoms with Gasteiger partial charge in [0.25, 0.3) is 6.29 Å². The second kappa shape index (κ2) is 6.13. The van der Waals surface area contributed by atoms with E-state index in [4.69, 9.17) is 9.47 Å². The van der Waals surface area contributed by atoms with Crippen molar-refractivity contribution in [1.29, 1.82) is 0 Å². The zero-order chi connectivity index (χ0) is 12.9. The summed E-state index contributed by atoms with van der Waals surface area (Å²) in [4.78, 5) is 22.7. The fraction of sp³-hybridized carbons (Fsp3) is 0.818. The SMILES string of the molecule is CSC(=O)OC(OC(=O)C(C)(C)C)C(C)C. The van der Waals surface area contributed by atoms with Gasteiger partial charge in [0.05, 0.1) is 5.41 Å². The van der Waals surface area contributed by atoms with Gasteiger partial charge in [0.2, 0.25) is 0 Å². The maximum Gasteiger partial charge on any atom is 0.370 e. The third-order valence-corrected chi connectivity index (χ3v) is 2.19. The van der Waals surface area contributed by atoms with Crippen molar-refractivity contribution in [3.63, 3.8) is 0 Å². The molecule has 0 saturated carbocycles. The molecule has 94 valence electrons. The average molecular weight is 248 g/mol. The first-order valence-electron chi connectivity index (χ1n) is 5.14. The van der Waals surface area contributed by atoms with Crippen LogP contribution in [0.2, 0.25) is 0 Å². The van der Waals surface area contributed by atoms with E-state index in [2.05, 4.69) is 0 Å². The molecule has 0 radical (unpaired) electrons. The van der Waals surface area contributed by atoms with Gasteiger partial charge in [-0.25, -0.2) is 4.79 Å². The van der Waals surface area contributed by atoms with Gasteiger partial charge in [-0.2, -0.15) is 0 Å². The summed E-state index contributed by atoms with van der Waals surface area (Å²) in [7, 11) is 0. The molecule has 5 heteroatoms. The number of thioether (sulfide) groups is 1. The minimum atomic E-state index is -0.813. The van der Waals surface area contributed by atoms with Gasteiger partial charge in [-0.3, -0.25) is 4.79 Å². The highest BCUT2D eigenvalue weighted by molar-refractivity contribution is 8.12. The average Bonchev–Trinajstić information content (AvgIpc) is 2.14. The van der Waals surface area contributed by atoms with Gasteiger partial charge in [-0.1, -0.05) is 13.8 Å². The molecule has 0 aliphatic heterocycles. The quantitative estimate of drug-likeness (QED) is 0.567. The summed E-state index contributed by atoms with van der Waals surface area (Å²) in [5, 5.41) is -0.444. The molecule has 0 rings (SSSR count). The van der Waals surface area contributed by atoms with Gasteiger partial charge >= 0.3 is 11.3 Å². The van der Waals surface area contributed by atoms with Gasteiger partial charge in [-0.05, 0) is 38.8 Å². The Hall–Kier alpha value is -0.710. The summed E-state index contributed by atoms with van der Waals surface area (Å²) in [5.41, 5.74) is -0.598. The zero-order valence-corrected chi connectivity index (χ0v) is 11.5. The molecule has 1 unspecified atom stereocenters. The summed E-state index contributed by atoms with van der Waals surface area (Å²) in [6, 6.07) is 0. The molecule has 1 atom stereocenters. The number of esters is 1. The normalized spacial score (nSPS) is 13.4. The van der Waals surface area contributed by atoms with Crippen molar-refractivity contribution in [3.8, 4) is 0 Å². The van der Waals surface area contributed by atoms with Crippen LogP contribution in [0.3, 0.4) is 0 Å². The van der Waals surface area contributed by atoms with Crippen molar-refractivity contribution in [2.75, 3.05) is 6.26 Å². The molecule has 0 spiro atoms. The molecule has 0 amide bonds. The van der Waals surface area contributed by atoms with Gasteiger partial charge in [-0.15, -0.1) is 0 Å². The van der Waals surface area contributed by atoms with Crippen LogP contribution in [0.1, 0.15) is 34.6 Å². The minimum absolute atomic E-state index is 0.0672. The highest BCUT2D eigenvalue weighted by Crippen LogP contribution is 2.20. The van der Waals surface area contributed by atoms with Crippen LogP contribution in [-0.2, 0) is 14.3 Å². The van der Waals surface area contributed by atoms with Crippen molar-refractivity contribution in [1.82, 2.24) is 0 Å². The summed E-state index contributed by atoms with van der Waals surface area (Å²) in [6.07, 6.45) is 0.803. The van der Waals surface area contributed by atoms with Gasteiger partial charge in [0, 0.05) is 5.92 Å². The van der Waals surface area contributed by atoms with E-state index in [-0.39, 0.29) is 11.9 Å². The van der Waals surface area contributed by atoms with E-state index in [1.54, 1.807) is 27.0 Å². The molecule has 0 aromatic carbocycles. The highest BCUT2D eigenvalue weighted by atomic mass is 32.2. The first-order chi connectivity index (χ1) is 7.18. The smallest absolute Gasteiger partial charge is 0.370 e. The van der Waals surface area contributed by atoms with Gasteiger partial charge in [0.15, 0.2) is 0 Å². The van der Waals surface area contributed by atoms with E-state index in [1.807, 2.05) is 13.8 Å². The molecule has 0 aliphatic carbocycles. The second-order valence-electron chi connectivity index (χ2n) is 4.84. The van der Waals surface area contributed by atoms with Crippen molar-refractivity contribution in [2.45, 2.75) is 40.9 Å². The molecule has 0 fully saturated rings. The molecule has 0 saturated heterocycles. The highest BCUT2D eigenvalue weighted by Gasteiger charge is 2.29. The van der Waals surface area contributed by atoms with E-state index >= 15 is 0 Å². The monoisotopic (exact) mass is 248 g/mol. The van der Waals surface area contributed by atoms with E-state index in [0.29, 0.717) is 0 Å². The Kier molecular flexibility index (Phi) is 5.86. The first kappa shape index (κ1) is 15.3. The molecular formula is C11H20O4S. The Balaban J connectivity index is 4.47. The lowest BCUT2D eigenvalue weighted by molar-refractivity contribution is -0.182. The summed E-state index contributed by atoms with van der Waals surface area (Å²) >= 11 is 0.953. The fourth-order valence-corrected chi connectivity index (χ4v) is 0.913. The number of rotatable bonds is 3. The number of carbonyl (C=O) groups excluding carboxylic acids is 2. The van der Waals surface area contributed by atoms with Gasteiger partial charge in [0.1, 0.15) is 0 Å². The minimum Gasteiger partial charge on any atom is -0.424 e. The molecule has 4 nitrogen and oxygen atoms in total.